The van der Waals surface area contributed by atoms with Crippen LogP contribution in [0.1, 0.15) is 26.3 Å². The fraction of sp³-hybridized carbons (Fsp3) is 0.500. The standard InChI is InChI=1S/C20H25NO10/c1-11(22)27-10-15-17(29-12(2)23)18(30-13(3)24)16(19(25)31-15)21-20(26)28-9-14-7-5-4-6-8-14/h4-8,15-19,25H,9-10H2,1-3H3,(H,21,26)/t15-,16-,17-,18-,19+/m1/s1. The normalized spacial score (nSPS) is 25.1. The average molecular weight is 439 g/mol. The average Bonchev–Trinajstić information content (AvgIpc) is 2.70. The summed E-state index contributed by atoms with van der Waals surface area (Å²) >= 11 is 0. The molecule has 0 aliphatic carbocycles. The Hall–Kier alpha value is -3.18. The number of aliphatic hydroxyl groups excluding tert-OH is 1. The Kier molecular flexibility index (Phi) is 8.76. The highest BCUT2D eigenvalue weighted by atomic mass is 16.7. The summed E-state index contributed by atoms with van der Waals surface area (Å²) in [5.41, 5.74) is 0.730. The molecule has 2 N–H and O–H groups in total. The van der Waals surface area contributed by atoms with Crippen LogP contribution in [-0.2, 0) is 44.7 Å². The maximum absolute atomic E-state index is 12.3. The molecule has 31 heavy (non-hydrogen) atoms. The number of rotatable bonds is 7. The van der Waals surface area contributed by atoms with E-state index < -0.39 is 54.6 Å². The van der Waals surface area contributed by atoms with E-state index >= 15 is 0 Å². The molecule has 0 saturated carbocycles. The molecule has 1 saturated heterocycles. The molecule has 1 aromatic carbocycles. The lowest BCUT2D eigenvalue weighted by molar-refractivity contribution is -0.264. The largest absolute Gasteiger partial charge is 0.463 e. The van der Waals surface area contributed by atoms with Crippen molar-refractivity contribution in [3.05, 3.63) is 35.9 Å². The van der Waals surface area contributed by atoms with Crippen LogP contribution in [0, 0.1) is 0 Å². The van der Waals surface area contributed by atoms with E-state index in [4.69, 9.17) is 23.7 Å². The van der Waals surface area contributed by atoms with Crippen molar-refractivity contribution in [1.29, 1.82) is 0 Å². The smallest absolute Gasteiger partial charge is 0.407 e. The number of benzene rings is 1. The lowest BCUT2D eigenvalue weighted by Gasteiger charge is -2.43. The minimum Gasteiger partial charge on any atom is -0.463 e. The number of carbonyl (C=O) groups is 4. The molecule has 0 radical (unpaired) electrons. The van der Waals surface area contributed by atoms with Gasteiger partial charge in [0, 0.05) is 20.8 Å². The third-order valence-corrected chi connectivity index (χ3v) is 4.22. The molecule has 11 heteroatoms. The molecular weight excluding hydrogens is 414 g/mol. The van der Waals surface area contributed by atoms with Gasteiger partial charge in [-0.3, -0.25) is 14.4 Å². The van der Waals surface area contributed by atoms with Crippen molar-refractivity contribution in [2.24, 2.45) is 0 Å². The van der Waals surface area contributed by atoms with Crippen molar-refractivity contribution in [1.82, 2.24) is 5.32 Å². The first-order valence-electron chi connectivity index (χ1n) is 9.46. The quantitative estimate of drug-likeness (QED) is 0.453. The van der Waals surface area contributed by atoms with Gasteiger partial charge in [0.15, 0.2) is 18.5 Å². The highest BCUT2D eigenvalue weighted by Gasteiger charge is 2.50. The molecule has 170 valence electrons. The van der Waals surface area contributed by atoms with Crippen molar-refractivity contribution >= 4 is 24.0 Å². The van der Waals surface area contributed by atoms with Gasteiger partial charge < -0.3 is 34.1 Å². The maximum Gasteiger partial charge on any atom is 0.407 e. The summed E-state index contributed by atoms with van der Waals surface area (Å²) in [5, 5.41) is 12.8. The molecule has 1 fully saturated rings. The van der Waals surface area contributed by atoms with Gasteiger partial charge in [-0.2, -0.15) is 0 Å². The topological polar surface area (TPSA) is 147 Å². The zero-order valence-corrected chi connectivity index (χ0v) is 17.3. The van der Waals surface area contributed by atoms with Gasteiger partial charge in [-0.05, 0) is 5.56 Å². The van der Waals surface area contributed by atoms with E-state index in [9.17, 15) is 24.3 Å². The molecule has 1 aliphatic heterocycles. The van der Waals surface area contributed by atoms with Crippen molar-refractivity contribution in [2.75, 3.05) is 6.61 Å². The van der Waals surface area contributed by atoms with Crippen LogP contribution in [0.3, 0.4) is 0 Å². The molecule has 11 nitrogen and oxygen atoms in total. The first-order chi connectivity index (χ1) is 14.7. The first-order valence-corrected chi connectivity index (χ1v) is 9.46. The zero-order valence-electron chi connectivity index (χ0n) is 17.3. The fourth-order valence-electron chi connectivity index (χ4n) is 2.97. The molecule has 1 heterocycles. The highest BCUT2D eigenvalue weighted by Crippen LogP contribution is 2.26. The number of amides is 1. The number of alkyl carbamates (subject to hydrolysis) is 1. The second-order valence-corrected chi connectivity index (χ2v) is 6.75. The second-order valence-electron chi connectivity index (χ2n) is 6.75. The maximum atomic E-state index is 12.3. The van der Waals surface area contributed by atoms with E-state index in [1.165, 1.54) is 0 Å². The molecule has 0 unspecified atom stereocenters. The second kappa shape index (κ2) is 11.3. The molecule has 5 atom stereocenters. The minimum atomic E-state index is -1.68. The summed E-state index contributed by atoms with van der Waals surface area (Å²) in [6, 6.07) is 7.54. The Bertz CT molecular complexity index is 783. The Labute approximate surface area is 178 Å². The van der Waals surface area contributed by atoms with Crippen molar-refractivity contribution < 1.29 is 48.0 Å². The van der Waals surface area contributed by atoms with E-state index in [1.807, 2.05) is 6.07 Å². The molecule has 1 aromatic rings. The molecule has 2 rings (SSSR count). The third kappa shape index (κ3) is 7.54. The predicted molar refractivity (Wildman–Crippen MR) is 102 cm³/mol. The van der Waals surface area contributed by atoms with Crippen LogP contribution in [0.15, 0.2) is 30.3 Å². The van der Waals surface area contributed by atoms with Gasteiger partial charge in [0.25, 0.3) is 0 Å². The lowest BCUT2D eigenvalue weighted by atomic mass is 9.96. The van der Waals surface area contributed by atoms with Gasteiger partial charge in [0.05, 0.1) is 0 Å². The molecule has 0 spiro atoms. The molecule has 1 amide bonds. The van der Waals surface area contributed by atoms with E-state index in [-0.39, 0.29) is 13.2 Å². The van der Waals surface area contributed by atoms with E-state index in [2.05, 4.69) is 5.32 Å². The Morgan fingerprint density at radius 2 is 1.55 bits per heavy atom. The molecular formula is C20H25NO10. The molecule has 1 aliphatic rings. The van der Waals surface area contributed by atoms with Crippen molar-refractivity contribution in [3.63, 3.8) is 0 Å². The summed E-state index contributed by atoms with van der Waals surface area (Å²) in [5.74, 6) is -2.12. The SMILES string of the molecule is CC(=O)OC[C@H]1O[C@H](O)[C@H](NC(=O)OCc2ccccc2)[C@@H](OC(C)=O)[C@@H]1OC(C)=O. The summed E-state index contributed by atoms with van der Waals surface area (Å²) < 4.78 is 25.8. The predicted octanol–water partition coefficient (Wildman–Crippen LogP) is 0.425. The van der Waals surface area contributed by atoms with Crippen LogP contribution < -0.4 is 5.32 Å². The van der Waals surface area contributed by atoms with Gasteiger partial charge >= 0.3 is 24.0 Å². The van der Waals surface area contributed by atoms with E-state index in [0.29, 0.717) is 0 Å². The van der Waals surface area contributed by atoms with Crippen LogP contribution in [-0.4, -0.2) is 66.4 Å². The summed E-state index contributed by atoms with van der Waals surface area (Å²) in [6.45, 7) is 2.97. The Morgan fingerprint density at radius 1 is 0.935 bits per heavy atom. The summed E-state index contributed by atoms with van der Waals surface area (Å²) in [7, 11) is 0. The van der Waals surface area contributed by atoms with E-state index in [1.54, 1.807) is 24.3 Å². The third-order valence-electron chi connectivity index (χ3n) is 4.22. The summed E-state index contributed by atoms with van der Waals surface area (Å²) in [4.78, 5) is 46.7. The van der Waals surface area contributed by atoms with Gasteiger partial charge in [-0.25, -0.2) is 4.79 Å². The molecule has 0 bridgehead atoms. The summed E-state index contributed by atoms with van der Waals surface area (Å²) in [6.07, 6.45) is -6.36. The fourth-order valence-corrected chi connectivity index (χ4v) is 2.97. The van der Waals surface area contributed by atoms with Gasteiger partial charge in [-0.1, -0.05) is 30.3 Å². The number of esters is 3. The minimum absolute atomic E-state index is 0.0446. The van der Waals surface area contributed by atoms with Crippen molar-refractivity contribution in [2.45, 2.75) is 58.0 Å². The number of carbonyl (C=O) groups excluding carboxylic acids is 4. The van der Waals surface area contributed by atoms with Crippen LogP contribution in [0.25, 0.3) is 0 Å². The number of ether oxygens (including phenoxy) is 5. The number of nitrogens with one attached hydrogen (secondary N) is 1. The monoisotopic (exact) mass is 439 g/mol. The Balaban J connectivity index is 2.16. The van der Waals surface area contributed by atoms with Gasteiger partial charge in [0.1, 0.15) is 25.4 Å². The van der Waals surface area contributed by atoms with Crippen LogP contribution in [0.4, 0.5) is 4.79 Å². The Morgan fingerprint density at radius 3 is 2.13 bits per heavy atom. The first kappa shape index (κ1) is 24.1. The zero-order chi connectivity index (χ0) is 23.0. The van der Waals surface area contributed by atoms with Crippen LogP contribution >= 0.6 is 0 Å². The number of hydrogen-bond acceptors (Lipinski definition) is 10. The molecule has 0 aromatic heterocycles. The van der Waals surface area contributed by atoms with Gasteiger partial charge in [0.2, 0.25) is 0 Å². The number of aliphatic hydroxyl groups is 1. The van der Waals surface area contributed by atoms with Gasteiger partial charge in [-0.15, -0.1) is 0 Å². The van der Waals surface area contributed by atoms with Crippen molar-refractivity contribution in [3.8, 4) is 0 Å². The highest BCUT2D eigenvalue weighted by molar-refractivity contribution is 5.69. The van der Waals surface area contributed by atoms with Crippen LogP contribution in [0.5, 0.6) is 0 Å². The number of hydrogen-bond donors (Lipinski definition) is 2. The van der Waals surface area contributed by atoms with E-state index in [0.717, 1.165) is 26.3 Å². The van der Waals surface area contributed by atoms with Crippen LogP contribution in [0.2, 0.25) is 0 Å². The lowest BCUT2D eigenvalue weighted by Crippen LogP contribution is -2.66.